The molecular formula is C25H21F2N3O5. The van der Waals surface area contributed by atoms with Crippen LogP contribution in [0.15, 0.2) is 66.7 Å². The molecule has 0 saturated carbocycles. The number of carbonyl (C=O) groups excluding carboxylic acids is 2. The van der Waals surface area contributed by atoms with Crippen molar-refractivity contribution in [2.45, 2.75) is 24.8 Å². The van der Waals surface area contributed by atoms with Gasteiger partial charge in [-0.25, -0.2) is 23.4 Å². The number of carboxylic acid groups (broad SMARTS) is 1. The number of rotatable bonds is 8. The first-order chi connectivity index (χ1) is 16.8. The van der Waals surface area contributed by atoms with Crippen LogP contribution in [0.5, 0.6) is 0 Å². The van der Waals surface area contributed by atoms with Gasteiger partial charge < -0.3 is 15.2 Å². The highest BCUT2D eigenvalue weighted by Gasteiger charge is 2.29. The van der Waals surface area contributed by atoms with Crippen LogP contribution >= 0.6 is 0 Å². The van der Waals surface area contributed by atoms with Crippen LogP contribution in [-0.2, 0) is 9.53 Å². The Labute approximate surface area is 199 Å². The SMILES string of the molecule is O=C(Nc1cccc(C(=O)NC(CC(F)F)C(=O)O)n1)OCC1c2ccccc2-c2ccccc21. The van der Waals surface area contributed by atoms with E-state index in [0.29, 0.717) is 0 Å². The lowest BCUT2D eigenvalue weighted by Gasteiger charge is -2.15. The molecule has 1 aromatic heterocycles. The Morgan fingerprint density at radius 2 is 1.57 bits per heavy atom. The fourth-order valence-corrected chi connectivity index (χ4v) is 4.00. The molecule has 0 fully saturated rings. The summed E-state index contributed by atoms with van der Waals surface area (Å²) in [5, 5.41) is 13.5. The summed E-state index contributed by atoms with van der Waals surface area (Å²) in [6.45, 7) is 0.0773. The summed E-state index contributed by atoms with van der Waals surface area (Å²) in [4.78, 5) is 39.8. The third kappa shape index (κ3) is 5.43. The van der Waals surface area contributed by atoms with Crippen LogP contribution in [0.25, 0.3) is 11.1 Å². The van der Waals surface area contributed by atoms with Crippen LogP contribution in [0.2, 0.25) is 0 Å². The highest BCUT2D eigenvalue weighted by atomic mass is 19.3. The molecule has 1 heterocycles. The quantitative estimate of drug-likeness (QED) is 0.442. The molecule has 2 amide bonds. The first-order valence-electron chi connectivity index (χ1n) is 10.7. The molecule has 0 spiro atoms. The second-order valence-electron chi connectivity index (χ2n) is 7.85. The predicted molar refractivity (Wildman–Crippen MR) is 122 cm³/mol. The number of aromatic nitrogens is 1. The fourth-order valence-electron chi connectivity index (χ4n) is 4.00. The number of anilines is 1. The van der Waals surface area contributed by atoms with Gasteiger partial charge in [-0.2, -0.15) is 0 Å². The number of alkyl halides is 2. The first kappa shape index (κ1) is 23.8. The number of hydrogen-bond acceptors (Lipinski definition) is 5. The van der Waals surface area contributed by atoms with E-state index in [1.165, 1.54) is 18.2 Å². The molecule has 1 aliphatic carbocycles. The summed E-state index contributed by atoms with van der Waals surface area (Å²) in [6, 6.07) is 18.1. The van der Waals surface area contributed by atoms with Gasteiger partial charge in [0.05, 0.1) is 0 Å². The molecule has 4 rings (SSSR count). The van der Waals surface area contributed by atoms with Crippen molar-refractivity contribution in [3.8, 4) is 11.1 Å². The number of carboxylic acids is 1. The summed E-state index contributed by atoms with van der Waals surface area (Å²) in [7, 11) is 0. The number of amides is 2. The molecule has 0 saturated heterocycles. The van der Waals surface area contributed by atoms with Gasteiger partial charge in [-0.15, -0.1) is 0 Å². The Hall–Kier alpha value is -4.34. The van der Waals surface area contributed by atoms with E-state index in [9.17, 15) is 23.2 Å². The number of pyridine rings is 1. The minimum absolute atomic E-state index is 0.0180. The average molecular weight is 481 g/mol. The van der Waals surface area contributed by atoms with Crippen molar-refractivity contribution >= 4 is 23.8 Å². The van der Waals surface area contributed by atoms with E-state index in [1.807, 2.05) is 53.8 Å². The Morgan fingerprint density at radius 3 is 2.17 bits per heavy atom. The van der Waals surface area contributed by atoms with Crippen molar-refractivity contribution in [1.82, 2.24) is 10.3 Å². The van der Waals surface area contributed by atoms with Gasteiger partial charge >= 0.3 is 12.1 Å². The summed E-state index contributed by atoms with van der Waals surface area (Å²) < 4.78 is 30.6. The molecule has 0 radical (unpaired) electrons. The summed E-state index contributed by atoms with van der Waals surface area (Å²) in [5.74, 6) is -2.71. The first-order valence-corrected chi connectivity index (χ1v) is 10.7. The van der Waals surface area contributed by atoms with Crippen LogP contribution in [-0.4, -0.2) is 47.1 Å². The zero-order chi connectivity index (χ0) is 24.9. The van der Waals surface area contributed by atoms with Crippen LogP contribution < -0.4 is 10.6 Å². The van der Waals surface area contributed by atoms with Crippen LogP contribution in [0.3, 0.4) is 0 Å². The molecule has 3 N–H and O–H groups in total. The summed E-state index contributed by atoms with van der Waals surface area (Å²) in [6.07, 6.45) is -4.75. The molecule has 1 unspecified atom stereocenters. The lowest BCUT2D eigenvalue weighted by atomic mass is 9.98. The van der Waals surface area contributed by atoms with Gasteiger partial charge in [0.2, 0.25) is 6.43 Å². The van der Waals surface area contributed by atoms with Crippen LogP contribution in [0.4, 0.5) is 19.4 Å². The number of ether oxygens (including phenoxy) is 1. The minimum Gasteiger partial charge on any atom is -0.480 e. The minimum atomic E-state index is -2.91. The third-order valence-corrected chi connectivity index (χ3v) is 5.57. The Kier molecular flexibility index (Phi) is 7.00. The van der Waals surface area contributed by atoms with E-state index in [-0.39, 0.29) is 24.0 Å². The molecule has 8 nitrogen and oxygen atoms in total. The van der Waals surface area contributed by atoms with Crippen molar-refractivity contribution in [2.24, 2.45) is 0 Å². The number of benzene rings is 2. The van der Waals surface area contributed by atoms with E-state index in [2.05, 4.69) is 10.3 Å². The van der Waals surface area contributed by atoms with Gasteiger partial charge in [-0.3, -0.25) is 10.1 Å². The van der Waals surface area contributed by atoms with Gasteiger partial charge in [0.25, 0.3) is 5.91 Å². The third-order valence-electron chi connectivity index (χ3n) is 5.57. The van der Waals surface area contributed by atoms with Crippen LogP contribution in [0, 0.1) is 0 Å². The van der Waals surface area contributed by atoms with Gasteiger partial charge in [-0.05, 0) is 34.4 Å². The van der Waals surface area contributed by atoms with Crippen molar-refractivity contribution in [2.75, 3.05) is 11.9 Å². The van der Waals surface area contributed by atoms with Crippen molar-refractivity contribution < 1.29 is 33.0 Å². The lowest BCUT2D eigenvalue weighted by molar-refractivity contribution is -0.140. The maximum absolute atomic E-state index is 12.6. The molecule has 2 aromatic carbocycles. The van der Waals surface area contributed by atoms with E-state index < -0.39 is 36.9 Å². The molecule has 1 atom stereocenters. The Balaban J connectivity index is 1.39. The molecule has 180 valence electrons. The number of aliphatic carboxylic acids is 1. The standard InChI is InChI=1S/C25H21F2N3O5/c26-21(27)12-20(24(32)33)29-23(31)19-10-5-11-22(28-19)30-25(34)35-13-18-16-8-3-1-6-14(16)15-7-2-4-9-17(15)18/h1-11,18,20-21H,12-13H2,(H,29,31)(H,32,33)(H,28,30,34). The normalized spacial score (nSPS) is 13.0. The van der Waals surface area contributed by atoms with Crippen molar-refractivity contribution in [1.29, 1.82) is 0 Å². The second-order valence-corrected chi connectivity index (χ2v) is 7.85. The van der Waals surface area contributed by atoms with E-state index in [1.54, 1.807) is 0 Å². The van der Waals surface area contributed by atoms with Gasteiger partial charge in [0.1, 0.15) is 24.2 Å². The Bertz CT molecular complexity index is 1220. The number of hydrogen-bond donors (Lipinski definition) is 3. The maximum Gasteiger partial charge on any atom is 0.412 e. The van der Waals surface area contributed by atoms with Crippen molar-refractivity contribution in [3.63, 3.8) is 0 Å². The van der Waals surface area contributed by atoms with E-state index >= 15 is 0 Å². The van der Waals surface area contributed by atoms with Gasteiger partial charge in [0, 0.05) is 12.3 Å². The molecule has 0 aliphatic heterocycles. The second kappa shape index (κ2) is 10.3. The fraction of sp³-hybridized carbons (Fsp3) is 0.200. The van der Waals surface area contributed by atoms with E-state index in [0.717, 1.165) is 22.3 Å². The summed E-state index contributed by atoms with van der Waals surface area (Å²) in [5.41, 5.74) is 4.03. The molecule has 3 aromatic rings. The highest BCUT2D eigenvalue weighted by molar-refractivity contribution is 5.95. The molecule has 10 heteroatoms. The maximum atomic E-state index is 12.6. The lowest BCUT2D eigenvalue weighted by Crippen LogP contribution is -2.42. The monoisotopic (exact) mass is 481 g/mol. The van der Waals surface area contributed by atoms with Crippen molar-refractivity contribution in [3.05, 3.63) is 83.6 Å². The zero-order valence-corrected chi connectivity index (χ0v) is 18.3. The number of carbonyl (C=O) groups is 3. The molecule has 1 aliphatic rings. The zero-order valence-electron chi connectivity index (χ0n) is 18.3. The number of fused-ring (bicyclic) bond motifs is 3. The Morgan fingerprint density at radius 1 is 0.943 bits per heavy atom. The molecule has 0 bridgehead atoms. The highest BCUT2D eigenvalue weighted by Crippen LogP contribution is 2.44. The summed E-state index contributed by atoms with van der Waals surface area (Å²) >= 11 is 0. The molecule has 35 heavy (non-hydrogen) atoms. The average Bonchev–Trinajstić information content (AvgIpc) is 3.16. The van der Waals surface area contributed by atoms with Gasteiger partial charge in [0.15, 0.2) is 0 Å². The topological polar surface area (TPSA) is 118 Å². The predicted octanol–water partition coefficient (Wildman–Crippen LogP) is 4.28. The van der Waals surface area contributed by atoms with E-state index in [4.69, 9.17) is 9.84 Å². The smallest absolute Gasteiger partial charge is 0.412 e. The number of nitrogens with one attached hydrogen (secondary N) is 2. The molecular weight excluding hydrogens is 460 g/mol. The number of halogens is 2. The van der Waals surface area contributed by atoms with Gasteiger partial charge in [-0.1, -0.05) is 54.6 Å². The largest absolute Gasteiger partial charge is 0.480 e. The van der Waals surface area contributed by atoms with Crippen LogP contribution in [0.1, 0.15) is 34.0 Å². The number of nitrogens with zero attached hydrogens (tertiary/aromatic N) is 1.